The van der Waals surface area contributed by atoms with Crippen LogP contribution in [-0.2, 0) is 28.8 Å². The van der Waals surface area contributed by atoms with Gasteiger partial charge in [0.15, 0.2) is 0 Å². The lowest BCUT2D eigenvalue weighted by molar-refractivity contribution is 0.131. The molecule has 0 aliphatic carbocycles. The van der Waals surface area contributed by atoms with Gasteiger partial charge in [0, 0.05) is 13.1 Å². The van der Waals surface area contributed by atoms with Crippen LogP contribution in [-0.4, -0.2) is 70.0 Å². The van der Waals surface area contributed by atoms with E-state index in [1.165, 1.54) is 0 Å². The largest absolute Gasteiger partial charge is 0.478 e. The molecule has 16 heteroatoms. The first-order valence-electron chi connectivity index (χ1n) is 9.30. The molecule has 0 spiro atoms. The highest BCUT2D eigenvalue weighted by Crippen LogP contribution is 2.32. The predicted molar refractivity (Wildman–Crippen MR) is 123 cm³/mol. The molecular weight excluding hydrogens is 485 g/mol. The fourth-order valence-corrected chi connectivity index (χ4v) is 35.8. The predicted octanol–water partition coefficient (Wildman–Crippen LogP) is 2.75. The average Bonchev–Trinajstić information content (AvgIpc) is 2.10. The Balaban J connectivity index is 3.08. The van der Waals surface area contributed by atoms with Crippen LogP contribution in [0.15, 0.2) is 0 Å². The molecule has 0 aromatic carbocycles. The summed E-state index contributed by atoms with van der Waals surface area (Å²) >= 11 is 0. The van der Waals surface area contributed by atoms with Gasteiger partial charge in [-0.3, -0.25) is 0 Å². The van der Waals surface area contributed by atoms with Gasteiger partial charge in [-0.15, -0.1) is 0 Å². The SMILES string of the molecule is C[Si](C)(O)O[Si](C)(C)O[Si](C)(C)O[Si]1(C)O[Si](C)(C)O[Si](C)(C)O[Si](C)(O)O1. The summed E-state index contributed by atoms with van der Waals surface area (Å²) in [6, 6.07) is 0. The second-order valence-corrected chi connectivity index (χ2v) is 32.8. The standard InChI is InChI=1S/C12H38O9Si7/c1-22(2,13)15-23(3,4)16-25(7,8)19-28(12)20-26(9,10)17-24(5,6)18-27(11,14)21-28/h13-14H,1-12H3. The quantitative estimate of drug-likeness (QED) is 0.509. The van der Waals surface area contributed by atoms with Crippen LogP contribution in [0.1, 0.15) is 0 Å². The third-order valence-corrected chi connectivity index (χ3v) is 28.4. The Hall–Kier alpha value is 1.16. The van der Waals surface area contributed by atoms with Crippen LogP contribution in [0.5, 0.6) is 0 Å². The van der Waals surface area contributed by atoms with Crippen molar-refractivity contribution in [3.63, 3.8) is 0 Å². The molecule has 0 radical (unpaired) electrons. The fraction of sp³-hybridized carbons (Fsp3) is 1.00. The normalized spacial score (nSPS) is 31.9. The number of hydrogen-bond donors (Lipinski definition) is 2. The molecule has 1 heterocycles. The van der Waals surface area contributed by atoms with Crippen molar-refractivity contribution in [2.75, 3.05) is 0 Å². The van der Waals surface area contributed by atoms with Gasteiger partial charge in [0.2, 0.25) is 0 Å². The smallest absolute Gasteiger partial charge is 0.416 e. The highest BCUT2D eigenvalue weighted by atomic mass is 28.6. The van der Waals surface area contributed by atoms with Crippen LogP contribution < -0.4 is 0 Å². The van der Waals surface area contributed by atoms with Gasteiger partial charge in [-0.25, -0.2) is 0 Å². The number of hydrogen-bond acceptors (Lipinski definition) is 9. The fourth-order valence-electron chi connectivity index (χ4n) is 3.65. The Labute approximate surface area is 177 Å². The summed E-state index contributed by atoms with van der Waals surface area (Å²) in [5, 5.41) is 0. The van der Waals surface area contributed by atoms with Crippen LogP contribution in [0.25, 0.3) is 0 Å². The lowest BCUT2D eigenvalue weighted by Gasteiger charge is -2.47. The first-order chi connectivity index (χ1) is 11.9. The van der Waals surface area contributed by atoms with E-state index in [4.69, 9.17) is 28.8 Å². The molecule has 1 fully saturated rings. The van der Waals surface area contributed by atoms with Crippen LogP contribution in [0, 0.1) is 0 Å². The van der Waals surface area contributed by atoms with Crippen molar-refractivity contribution in [1.82, 2.24) is 0 Å². The third-order valence-electron chi connectivity index (χ3n) is 3.15. The maximum atomic E-state index is 10.8. The molecule has 1 saturated heterocycles. The summed E-state index contributed by atoms with van der Waals surface area (Å²) in [6.07, 6.45) is 0. The molecule has 1 rings (SSSR count). The molecular formula is C12H38O9Si7. The van der Waals surface area contributed by atoms with Crippen molar-refractivity contribution >= 4 is 60.4 Å². The van der Waals surface area contributed by atoms with Gasteiger partial charge in [0.05, 0.1) is 0 Å². The van der Waals surface area contributed by atoms with Crippen molar-refractivity contribution in [3.8, 4) is 0 Å². The second-order valence-electron chi connectivity index (χ2n) is 9.52. The molecule has 0 aromatic heterocycles. The van der Waals surface area contributed by atoms with Crippen LogP contribution in [0.3, 0.4) is 0 Å². The summed E-state index contributed by atoms with van der Waals surface area (Å²) < 4.78 is 42.9. The summed E-state index contributed by atoms with van der Waals surface area (Å²) in [5.74, 6) is 0. The van der Waals surface area contributed by atoms with Crippen molar-refractivity contribution in [3.05, 3.63) is 0 Å². The molecule has 1 aliphatic rings. The van der Waals surface area contributed by atoms with Crippen molar-refractivity contribution in [2.24, 2.45) is 0 Å². The lowest BCUT2D eigenvalue weighted by Crippen LogP contribution is -2.69. The van der Waals surface area contributed by atoms with E-state index >= 15 is 0 Å². The molecule has 0 aromatic rings. The minimum Gasteiger partial charge on any atom is -0.416 e. The minimum atomic E-state index is -3.52. The Bertz CT molecular complexity index is 540. The highest BCUT2D eigenvalue weighted by Gasteiger charge is 2.58. The minimum absolute atomic E-state index is 1.56. The Kier molecular flexibility index (Phi) is 8.02. The second kappa shape index (κ2) is 8.26. The molecule has 0 amide bonds. The van der Waals surface area contributed by atoms with Gasteiger partial charge in [-0.1, -0.05) is 0 Å². The maximum Gasteiger partial charge on any atom is 0.478 e. The average molecular weight is 523 g/mol. The zero-order valence-corrected chi connectivity index (χ0v) is 26.3. The zero-order chi connectivity index (χ0) is 22.4. The van der Waals surface area contributed by atoms with E-state index in [1.807, 2.05) is 52.4 Å². The van der Waals surface area contributed by atoms with Gasteiger partial charge >= 0.3 is 60.4 Å². The summed E-state index contributed by atoms with van der Waals surface area (Å²) in [6.45, 7) is 21.8. The van der Waals surface area contributed by atoms with Gasteiger partial charge in [0.25, 0.3) is 0 Å². The van der Waals surface area contributed by atoms with E-state index in [0.717, 1.165) is 0 Å². The van der Waals surface area contributed by atoms with Crippen LogP contribution >= 0.6 is 0 Å². The molecule has 2 atom stereocenters. The van der Waals surface area contributed by atoms with E-state index in [9.17, 15) is 9.59 Å². The van der Waals surface area contributed by atoms with Gasteiger partial charge in [-0.2, -0.15) is 0 Å². The van der Waals surface area contributed by atoms with Gasteiger partial charge in [0.1, 0.15) is 0 Å². The van der Waals surface area contributed by atoms with Crippen molar-refractivity contribution in [2.45, 2.75) is 78.6 Å². The van der Waals surface area contributed by atoms with Gasteiger partial charge in [-0.05, 0) is 65.5 Å². The highest BCUT2D eigenvalue weighted by molar-refractivity contribution is 6.93. The molecule has 1 aliphatic heterocycles. The van der Waals surface area contributed by atoms with E-state index in [2.05, 4.69) is 0 Å². The molecule has 168 valence electrons. The summed E-state index contributed by atoms with van der Waals surface area (Å²) in [4.78, 5) is 20.9. The van der Waals surface area contributed by atoms with Crippen LogP contribution in [0.2, 0.25) is 78.6 Å². The number of rotatable bonds is 6. The van der Waals surface area contributed by atoms with E-state index < -0.39 is 60.4 Å². The summed E-state index contributed by atoms with van der Waals surface area (Å²) in [7, 11) is -20.3. The third kappa shape index (κ3) is 9.98. The van der Waals surface area contributed by atoms with E-state index in [0.29, 0.717) is 0 Å². The first kappa shape index (κ1) is 27.2. The Morgan fingerprint density at radius 2 is 1.11 bits per heavy atom. The monoisotopic (exact) mass is 522 g/mol. The van der Waals surface area contributed by atoms with Crippen molar-refractivity contribution < 1.29 is 38.4 Å². The van der Waals surface area contributed by atoms with Crippen molar-refractivity contribution in [1.29, 1.82) is 0 Å². The summed E-state index contributed by atoms with van der Waals surface area (Å²) in [5.41, 5.74) is 0. The zero-order valence-electron chi connectivity index (χ0n) is 19.3. The van der Waals surface area contributed by atoms with Crippen LogP contribution in [0.4, 0.5) is 0 Å². The maximum absolute atomic E-state index is 10.8. The lowest BCUT2D eigenvalue weighted by atomic mass is 11.9. The van der Waals surface area contributed by atoms with E-state index in [-0.39, 0.29) is 0 Å². The Morgan fingerprint density at radius 1 is 0.643 bits per heavy atom. The van der Waals surface area contributed by atoms with Gasteiger partial charge < -0.3 is 38.4 Å². The molecule has 0 bridgehead atoms. The molecule has 9 nitrogen and oxygen atoms in total. The molecule has 2 N–H and O–H groups in total. The molecule has 0 saturated carbocycles. The molecule has 2 unspecified atom stereocenters. The molecule has 28 heavy (non-hydrogen) atoms. The Morgan fingerprint density at radius 3 is 1.57 bits per heavy atom. The topological polar surface area (TPSA) is 105 Å². The van der Waals surface area contributed by atoms with E-state index in [1.54, 1.807) is 26.2 Å². The first-order valence-corrected chi connectivity index (χ1v) is 27.9.